The molecule has 0 unspecified atom stereocenters. The number of aliphatic carboxylic acids is 1. The van der Waals surface area contributed by atoms with Crippen molar-refractivity contribution in [3.8, 4) is 0 Å². The number of carbonyl (C=O) groups is 2. The van der Waals surface area contributed by atoms with Crippen LogP contribution in [0.5, 0.6) is 0 Å². The van der Waals surface area contributed by atoms with Gasteiger partial charge in [-0.05, 0) is 25.1 Å². The van der Waals surface area contributed by atoms with E-state index in [1.54, 1.807) is 6.92 Å². The summed E-state index contributed by atoms with van der Waals surface area (Å²) < 4.78 is 18.5. The Morgan fingerprint density at radius 3 is 2.71 bits per heavy atom. The minimum absolute atomic E-state index is 0.0752. The molecule has 2 aromatic rings. The lowest BCUT2D eigenvalue weighted by Gasteiger charge is -2.03. The van der Waals surface area contributed by atoms with Crippen LogP contribution in [0.3, 0.4) is 0 Å². The fourth-order valence-corrected chi connectivity index (χ4v) is 1.58. The average Bonchev–Trinajstić information content (AvgIpc) is 2.82. The summed E-state index contributed by atoms with van der Waals surface area (Å²) in [6.07, 6.45) is 1.93. The number of rotatable bonds is 4. The van der Waals surface area contributed by atoms with Crippen LogP contribution in [0.4, 0.5) is 10.2 Å². The van der Waals surface area contributed by atoms with Crippen molar-refractivity contribution in [2.45, 2.75) is 6.92 Å². The summed E-state index contributed by atoms with van der Waals surface area (Å²) in [5.41, 5.74) is 0.159. The number of hydrogen-bond acceptors (Lipinski definition) is 4. The zero-order chi connectivity index (χ0) is 15.4. The summed E-state index contributed by atoms with van der Waals surface area (Å²) in [6.45, 7) is 1.67. The molecule has 0 fully saturated rings. The molecule has 1 heterocycles. The van der Waals surface area contributed by atoms with Crippen molar-refractivity contribution >= 4 is 23.8 Å². The van der Waals surface area contributed by atoms with E-state index >= 15 is 0 Å². The summed E-state index contributed by atoms with van der Waals surface area (Å²) in [4.78, 5) is 22.3. The van der Waals surface area contributed by atoms with Gasteiger partial charge in [0, 0.05) is 23.3 Å². The lowest BCUT2D eigenvalue weighted by atomic mass is 10.1. The first kappa shape index (κ1) is 14.4. The van der Waals surface area contributed by atoms with E-state index in [9.17, 15) is 14.0 Å². The van der Waals surface area contributed by atoms with Crippen LogP contribution in [0.25, 0.3) is 6.08 Å². The first-order valence-corrected chi connectivity index (χ1v) is 5.91. The molecule has 0 bridgehead atoms. The summed E-state index contributed by atoms with van der Waals surface area (Å²) in [7, 11) is 0. The number of nitrogens with one attached hydrogen (secondary N) is 1. The second-order valence-electron chi connectivity index (χ2n) is 4.18. The van der Waals surface area contributed by atoms with Crippen molar-refractivity contribution in [3.63, 3.8) is 0 Å². The third kappa shape index (κ3) is 3.75. The van der Waals surface area contributed by atoms with E-state index in [-0.39, 0.29) is 16.9 Å². The largest absolute Gasteiger partial charge is 0.478 e. The molecule has 0 saturated carbocycles. The number of carboxylic acid groups (broad SMARTS) is 1. The molecule has 1 aromatic heterocycles. The van der Waals surface area contributed by atoms with Crippen LogP contribution < -0.4 is 5.32 Å². The van der Waals surface area contributed by atoms with E-state index in [0.29, 0.717) is 5.76 Å². The monoisotopic (exact) mass is 290 g/mol. The van der Waals surface area contributed by atoms with Gasteiger partial charge in [-0.25, -0.2) is 9.18 Å². The fourth-order valence-electron chi connectivity index (χ4n) is 1.58. The van der Waals surface area contributed by atoms with Crippen molar-refractivity contribution in [2.24, 2.45) is 0 Å². The Bertz CT molecular complexity index is 722. The number of aryl methyl sites for hydroxylation is 1. The molecule has 0 aliphatic heterocycles. The smallest absolute Gasteiger partial charge is 0.328 e. The molecule has 108 valence electrons. The Labute approximate surface area is 118 Å². The second kappa shape index (κ2) is 6.00. The number of halogens is 1. The van der Waals surface area contributed by atoms with Gasteiger partial charge in [0.05, 0.1) is 0 Å². The van der Waals surface area contributed by atoms with E-state index in [1.807, 2.05) is 0 Å². The Hall–Kier alpha value is -2.96. The normalized spacial score (nSPS) is 10.8. The number of aromatic nitrogens is 1. The molecular weight excluding hydrogens is 279 g/mol. The third-order valence-corrected chi connectivity index (χ3v) is 2.54. The molecule has 7 heteroatoms. The van der Waals surface area contributed by atoms with E-state index < -0.39 is 17.7 Å². The van der Waals surface area contributed by atoms with Gasteiger partial charge in [-0.2, -0.15) is 0 Å². The number of anilines is 1. The van der Waals surface area contributed by atoms with Crippen LogP contribution in [0.15, 0.2) is 34.9 Å². The molecule has 21 heavy (non-hydrogen) atoms. The highest BCUT2D eigenvalue weighted by Crippen LogP contribution is 2.14. The molecule has 6 nitrogen and oxygen atoms in total. The highest BCUT2D eigenvalue weighted by atomic mass is 19.1. The Morgan fingerprint density at radius 1 is 1.38 bits per heavy atom. The molecule has 0 aliphatic carbocycles. The number of benzene rings is 1. The average molecular weight is 290 g/mol. The Morgan fingerprint density at radius 2 is 2.14 bits per heavy atom. The molecule has 0 saturated heterocycles. The van der Waals surface area contributed by atoms with Gasteiger partial charge in [0.15, 0.2) is 5.82 Å². The Balaban J connectivity index is 2.15. The number of nitrogens with zero attached hydrogens (tertiary/aromatic N) is 1. The summed E-state index contributed by atoms with van der Waals surface area (Å²) in [5.74, 6) is -1.66. The fraction of sp³-hybridized carbons (Fsp3) is 0.0714. The minimum Gasteiger partial charge on any atom is -0.478 e. The summed E-state index contributed by atoms with van der Waals surface area (Å²) >= 11 is 0. The maximum atomic E-state index is 13.7. The van der Waals surface area contributed by atoms with Gasteiger partial charge in [0.25, 0.3) is 5.91 Å². The van der Waals surface area contributed by atoms with Crippen LogP contribution in [-0.2, 0) is 4.79 Å². The summed E-state index contributed by atoms with van der Waals surface area (Å²) in [5, 5.41) is 14.5. The van der Waals surface area contributed by atoms with Crippen LogP contribution in [-0.4, -0.2) is 22.1 Å². The highest BCUT2D eigenvalue weighted by molar-refractivity contribution is 6.03. The van der Waals surface area contributed by atoms with Gasteiger partial charge >= 0.3 is 5.97 Å². The van der Waals surface area contributed by atoms with Crippen molar-refractivity contribution < 1.29 is 23.6 Å². The van der Waals surface area contributed by atoms with Crippen molar-refractivity contribution in [3.05, 3.63) is 53.0 Å². The molecular formula is C14H11FN2O4. The first-order valence-electron chi connectivity index (χ1n) is 5.91. The molecule has 0 aliphatic rings. The van der Waals surface area contributed by atoms with Crippen LogP contribution in [0.1, 0.15) is 21.7 Å². The number of hydrogen-bond donors (Lipinski definition) is 2. The maximum absolute atomic E-state index is 13.7. The number of carbonyl (C=O) groups excluding carboxylic acids is 1. The van der Waals surface area contributed by atoms with Crippen LogP contribution in [0.2, 0.25) is 0 Å². The van der Waals surface area contributed by atoms with Crippen LogP contribution in [0, 0.1) is 12.7 Å². The topological polar surface area (TPSA) is 92.4 Å². The minimum atomic E-state index is -1.18. The van der Waals surface area contributed by atoms with Crippen molar-refractivity contribution in [1.29, 1.82) is 0 Å². The van der Waals surface area contributed by atoms with E-state index in [4.69, 9.17) is 9.63 Å². The zero-order valence-electron chi connectivity index (χ0n) is 11.0. The van der Waals surface area contributed by atoms with Gasteiger partial charge in [-0.3, -0.25) is 4.79 Å². The molecule has 0 atom stereocenters. The number of carboxylic acids is 1. The maximum Gasteiger partial charge on any atom is 0.328 e. The van der Waals surface area contributed by atoms with Crippen molar-refractivity contribution in [2.75, 3.05) is 5.32 Å². The standard InChI is InChI=1S/C14H11FN2O4/c1-8-6-12(17-21-8)16-14(20)10-3-2-9(11(15)7-10)4-5-13(18)19/h2-7H,1H3,(H,18,19)(H,16,17,20). The molecule has 1 amide bonds. The molecule has 2 N–H and O–H groups in total. The van der Waals surface area contributed by atoms with Gasteiger partial charge in [-0.1, -0.05) is 11.2 Å². The van der Waals surface area contributed by atoms with Gasteiger partial charge in [0.2, 0.25) is 0 Å². The Kier molecular flexibility index (Phi) is 4.13. The second-order valence-corrected chi connectivity index (χ2v) is 4.18. The van der Waals surface area contributed by atoms with Gasteiger partial charge < -0.3 is 14.9 Å². The van der Waals surface area contributed by atoms with Crippen molar-refractivity contribution in [1.82, 2.24) is 5.16 Å². The van der Waals surface area contributed by atoms with Gasteiger partial charge in [0.1, 0.15) is 11.6 Å². The lowest BCUT2D eigenvalue weighted by molar-refractivity contribution is -0.131. The van der Waals surface area contributed by atoms with E-state index in [0.717, 1.165) is 18.2 Å². The molecule has 0 spiro atoms. The molecule has 0 radical (unpaired) electrons. The number of amides is 1. The van der Waals surface area contributed by atoms with Crippen LogP contribution >= 0.6 is 0 Å². The molecule has 2 rings (SSSR count). The SMILES string of the molecule is Cc1cc(NC(=O)c2ccc(C=CC(=O)O)c(F)c2)no1. The highest BCUT2D eigenvalue weighted by Gasteiger charge is 2.11. The van der Waals surface area contributed by atoms with E-state index in [1.165, 1.54) is 18.2 Å². The lowest BCUT2D eigenvalue weighted by Crippen LogP contribution is -2.12. The van der Waals surface area contributed by atoms with Gasteiger partial charge in [-0.15, -0.1) is 0 Å². The zero-order valence-corrected chi connectivity index (χ0v) is 11.0. The predicted octanol–water partition coefficient (Wildman–Crippen LogP) is 2.47. The summed E-state index contributed by atoms with van der Waals surface area (Å²) in [6, 6.07) is 5.24. The quantitative estimate of drug-likeness (QED) is 0.844. The third-order valence-electron chi connectivity index (χ3n) is 2.54. The first-order chi connectivity index (χ1) is 9.95. The molecule has 1 aromatic carbocycles. The predicted molar refractivity (Wildman–Crippen MR) is 72.3 cm³/mol. The van der Waals surface area contributed by atoms with E-state index in [2.05, 4.69) is 10.5 Å².